The molecule has 1 aromatic carbocycles. The van der Waals surface area contributed by atoms with Crippen molar-refractivity contribution in [1.29, 1.82) is 0 Å². The van der Waals surface area contributed by atoms with Crippen molar-refractivity contribution in [3.63, 3.8) is 0 Å². The molecular weight excluding hydrogens is 532 g/mol. The Balaban J connectivity index is 1.26. The Morgan fingerprint density at radius 3 is 2.73 bits per heavy atom. The quantitative estimate of drug-likeness (QED) is 0.273. The molecule has 3 unspecified atom stereocenters. The summed E-state index contributed by atoms with van der Waals surface area (Å²) in [6, 6.07) is 8.50. The van der Waals surface area contributed by atoms with Crippen LogP contribution in [0.3, 0.4) is 0 Å². The number of pyridine rings is 1. The van der Waals surface area contributed by atoms with Crippen LogP contribution in [0.5, 0.6) is 0 Å². The van der Waals surface area contributed by atoms with Gasteiger partial charge >= 0.3 is 0 Å². The van der Waals surface area contributed by atoms with Gasteiger partial charge in [0.2, 0.25) is 11.7 Å². The molecule has 4 aromatic rings. The van der Waals surface area contributed by atoms with Gasteiger partial charge in [-0.05, 0) is 54.5 Å². The lowest BCUT2D eigenvalue weighted by atomic mass is 9.98. The van der Waals surface area contributed by atoms with Gasteiger partial charge in [-0.3, -0.25) is 4.79 Å². The summed E-state index contributed by atoms with van der Waals surface area (Å²) in [5, 5.41) is 27.8. The minimum absolute atomic E-state index is 0.0494. The number of amides is 1. The zero-order valence-electron chi connectivity index (χ0n) is 21.8. The van der Waals surface area contributed by atoms with Crippen LogP contribution in [0.15, 0.2) is 48.9 Å². The van der Waals surface area contributed by atoms with Gasteiger partial charge < -0.3 is 25.4 Å². The van der Waals surface area contributed by atoms with E-state index in [2.05, 4.69) is 42.4 Å². The normalized spacial score (nSPS) is 29.4. The first-order chi connectivity index (χ1) is 19.8. The Morgan fingerprint density at radius 2 is 1.98 bits per heavy atom. The third-order valence-corrected chi connectivity index (χ3v) is 8.52. The van der Waals surface area contributed by atoms with Gasteiger partial charge in [0, 0.05) is 31.1 Å². The number of rotatable bonds is 5. The summed E-state index contributed by atoms with van der Waals surface area (Å²) in [5.74, 6) is 4.02. The van der Waals surface area contributed by atoms with Crippen molar-refractivity contribution < 1.29 is 23.8 Å². The lowest BCUT2D eigenvalue weighted by Crippen LogP contribution is -2.41. The first-order valence-electron chi connectivity index (χ1n) is 13.3. The molecule has 3 fully saturated rings. The van der Waals surface area contributed by atoms with Crippen LogP contribution in [0.2, 0.25) is 0 Å². The molecular formula is C29H25F2N7O3. The Bertz CT molecular complexity index is 1750. The van der Waals surface area contributed by atoms with Gasteiger partial charge in [0.25, 0.3) is 0 Å². The maximum absolute atomic E-state index is 13.8. The molecule has 3 aliphatic rings. The molecule has 4 N–H and O–H groups in total. The van der Waals surface area contributed by atoms with Crippen LogP contribution in [-0.4, -0.2) is 65.9 Å². The van der Waals surface area contributed by atoms with Gasteiger partial charge in [0.1, 0.15) is 11.8 Å². The highest BCUT2D eigenvalue weighted by Crippen LogP contribution is 2.67. The monoisotopic (exact) mass is 557 g/mol. The highest BCUT2D eigenvalue weighted by atomic mass is 19.2. The van der Waals surface area contributed by atoms with E-state index in [0.29, 0.717) is 41.1 Å². The molecule has 41 heavy (non-hydrogen) atoms. The number of aliphatic hydroxyl groups is 2. The van der Waals surface area contributed by atoms with Gasteiger partial charge in [-0.1, -0.05) is 12.1 Å². The number of carbonyl (C=O) groups excluding carboxylic acids is 1. The van der Waals surface area contributed by atoms with E-state index in [9.17, 15) is 23.8 Å². The number of nitrogens with zero attached hydrogens (tertiary/aromatic N) is 5. The maximum atomic E-state index is 13.8. The molecule has 0 aliphatic heterocycles. The lowest BCUT2D eigenvalue weighted by molar-refractivity contribution is -0.132. The summed E-state index contributed by atoms with van der Waals surface area (Å²) >= 11 is 0. The Labute approximate surface area is 232 Å². The molecule has 208 valence electrons. The molecule has 3 aliphatic carbocycles. The number of benzene rings is 1. The molecule has 7 rings (SSSR count). The number of hydrogen-bond acceptors (Lipinski definition) is 8. The molecule has 0 bridgehead atoms. The SMILES string of the molecule is CNC(=O)C12CC1[C@@H](n1cnc3c(NC4C[C@H]4c4ccc(F)c(F)c4)nc(C#Cc4ccccn4)nc31)[C@H](O)[C@@H]2O. The Kier molecular flexibility index (Phi) is 5.78. The van der Waals surface area contributed by atoms with Crippen LogP contribution in [0.25, 0.3) is 11.2 Å². The van der Waals surface area contributed by atoms with Crippen molar-refractivity contribution in [3.8, 4) is 11.8 Å². The molecule has 3 saturated carbocycles. The highest BCUT2D eigenvalue weighted by Gasteiger charge is 2.75. The van der Waals surface area contributed by atoms with Crippen molar-refractivity contribution in [2.24, 2.45) is 11.3 Å². The summed E-state index contributed by atoms with van der Waals surface area (Å²) in [6.45, 7) is 0. The average molecular weight is 558 g/mol. The van der Waals surface area contributed by atoms with E-state index >= 15 is 0 Å². The van der Waals surface area contributed by atoms with Crippen LogP contribution >= 0.6 is 0 Å². The van der Waals surface area contributed by atoms with Crippen LogP contribution in [0, 0.1) is 34.8 Å². The Hall–Kier alpha value is -4.47. The van der Waals surface area contributed by atoms with E-state index in [1.807, 2.05) is 6.07 Å². The molecule has 3 heterocycles. The lowest BCUT2D eigenvalue weighted by Gasteiger charge is -2.23. The van der Waals surface area contributed by atoms with Gasteiger partial charge in [-0.2, -0.15) is 0 Å². The predicted octanol–water partition coefficient (Wildman–Crippen LogP) is 1.90. The minimum Gasteiger partial charge on any atom is -0.389 e. The summed E-state index contributed by atoms with van der Waals surface area (Å²) in [5.41, 5.74) is 0.951. The van der Waals surface area contributed by atoms with Gasteiger partial charge in [0.05, 0.1) is 23.9 Å². The molecule has 10 nitrogen and oxygen atoms in total. The van der Waals surface area contributed by atoms with Crippen LogP contribution < -0.4 is 10.6 Å². The third-order valence-electron chi connectivity index (χ3n) is 8.52. The molecule has 7 atom stereocenters. The number of halogens is 2. The van der Waals surface area contributed by atoms with Crippen molar-refractivity contribution >= 4 is 22.9 Å². The zero-order valence-corrected chi connectivity index (χ0v) is 21.8. The van der Waals surface area contributed by atoms with Crippen molar-refractivity contribution in [3.05, 3.63) is 77.6 Å². The molecule has 12 heteroatoms. The highest BCUT2D eigenvalue weighted by molar-refractivity contribution is 5.88. The number of carbonyl (C=O) groups is 1. The maximum Gasteiger partial charge on any atom is 0.229 e. The minimum atomic E-state index is -1.24. The second-order valence-corrected chi connectivity index (χ2v) is 10.8. The number of fused-ring (bicyclic) bond motifs is 2. The van der Waals surface area contributed by atoms with Crippen LogP contribution in [0.4, 0.5) is 14.6 Å². The molecule has 0 radical (unpaired) electrons. The standard InChI is InChI=1S/C29H25F2N7O3/c1-32-28(41)29-12-17(29)23(24(39)25(29)40)38-13-34-22-26(35-20-11-16(20)14-5-7-18(30)19(31)10-14)36-21(37-27(22)38)8-6-15-4-2-3-9-33-15/h2-5,7,9-10,13,16-17,20,23-25,39-40H,11-12H2,1H3,(H,32,41)(H,35,36,37)/t16-,17?,20?,23+,24-,25-,29?/m0/s1. The summed E-state index contributed by atoms with van der Waals surface area (Å²) < 4.78 is 29.0. The number of anilines is 1. The van der Waals surface area contributed by atoms with Crippen molar-refractivity contribution in [1.82, 2.24) is 29.8 Å². The number of nitrogens with one attached hydrogen (secondary N) is 2. The number of hydrogen-bond donors (Lipinski definition) is 4. The zero-order chi connectivity index (χ0) is 28.5. The summed E-state index contributed by atoms with van der Waals surface area (Å²) in [4.78, 5) is 30.6. The van der Waals surface area contributed by atoms with Crippen LogP contribution in [-0.2, 0) is 4.79 Å². The van der Waals surface area contributed by atoms with E-state index in [1.54, 1.807) is 29.0 Å². The van der Waals surface area contributed by atoms with E-state index < -0.39 is 35.3 Å². The van der Waals surface area contributed by atoms with E-state index in [4.69, 9.17) is 0 Å². The van der Waals surface area contributed by atoms with Gasteiger partial charge in [-0.25, -0.2) is 28.7 Å². The second-order valence-electron chi connectivity index (χ2n) is 10.8. The first-order valence-corrected chi connectivity index (χ1v) is 13.3. The second kappa shape index (κ2) is 9.29. The topological polar surface area (TPSA) is 138 Å². The Morgan fingerprint density at radius 1 is 1.12 bits per heavy atom. The van der Waals surface area contributed by atoms with Gasteiger partial charge in [-0.15, -0.1) is 0 Å². The third kappa shape index (κ3) is 4.03. The first kappa shape index (κ1) is 25.5. The molecule has 0 spiro atoms. The van der Waals surface area contributed by atoms with Crippen molar-refractivity contribution in [2.75, 3.05) is 12.4 Å². The van der Waals surface area contributed by atoms with E-state index in [-0.39, 0.29) is 29.6 Å². The average Bonchev–Trinajstić information content (AvgIpc) is 3.86. The van der Waals surface area contributed by atoms with Gasteiger partial charge in [0.15, 0.2) is 28.6 Å². The van der Waals surface area contributed by atoms with Crippen LogP contribution in [0.1, 0.15) is 41.9 Å². The molecule has 0 saturated heterocycles. The smallest absolute Gasteiger partial charge is 0.229 e. The van der Waals surface area contributed by atoms with E-state index in [1.165, 1.54) is 19.4 Å². The fourth-order valence-corrected chi connectivity index (χ4v) is 6.28. The van der Waals surface area contributed by atoms with Crippen molar-refractivity contribution in [2.45, 2.75) is 43.1 Å². The fraction of sp³-hybridized carbons (Fsp3) is 0.345. The summed E-state index contributed by atoms with van der Waals surface area (Å²) in [6.07, 6.45) is 1.81. The molecule has 3 aromatic heterocycles. The predicted molar refractivity (Wildman–Crippen MR) is 142 cm³/mol. The van der Waals surface area contributed by atoms with E-state index in [0.717, 1.165) is 6.07 Å². The summed E-state index contributed by atoms with van der Waals surface area (Å²) in [7, 11) is 1.51. The molecule has 1 amide bonds. The number of imidazole rings is 1. The fourth-order valence-electron chi connectivity index (χ4n) is 6.28. The number of aliphatic hydroxyl groups excluding tert-OH is 2. The largest absolute Gasteiger partial charge is 0.389 e. The number of aromatic nitrogens is 5.